The Balaban J connectivity index is 2.68. The van der Waals surface area contributed by atoms with E-state index in [4.69, 9.17) is 23.7 Å². The lowest BCUT2D eigenvalue weighted by molar-refractivity contribution is 0.953. The molecule has 5 N–H and O–H groups in total. The van der Waals surface area contributed by atoms with Crippen molar-refractivity contribution in [2.75, 3.05) is 5.73 Å². The summed E-state index contributed by atoms with van der Waals surface area (Å²) in [6.45, 7) is 0. The number of H-pyrrole nitrogens is 1. The van der Waals surface area contributed by atoms with Gasteiger partial charge in [-0.1, -0.05) is 12.2 Å². The summed E-state index contributed by atoms with van der Waals surface area (Å²) in [6, 6.07) is 0. The standard InChI is InChI=1S/C8H8N6OS/c9-4-6(12-3-13-8(4)15)14-2-1-11-7(14)5(10)16/h1-3H,9H2,(H2,10,16)(H,12,13,15). The number of thiocarbonyl (C=S) groups is 1. The first kappa shape index (κ1) is 10.3. The van der Waals surface area contributed by atoms with E-state index in [0.717, 1.165) is 0 Å². The number of nitrogens with zero attached hydrogens (tertiary/aromatic N) is 3. The molecule has 0 fully saturated rings. The van der Waals surface area contributed by atoms with Crippen LogP contribution in [0.5, 0.6) is 0 Å². The number of hydrogen-bond donors (Lipinski definition) is 3. The molecule has 2 heterocycles. The van der Waals surface area contributed by atoms with Crippen LogP contribution >= 0.6 is 12.2 Å². The molecule has 0 aliphatic rings. The van der Waals surface area contributed by atoms with Crippen LogP contribution in [0.3, 0.4) is 0 Å². The van der Waals surface area contributed by atoms with Crippen LogP contribution < -0.4 is 17.0 Å². The molecule has 0 spiro atoms. The van der Waals surface area contributed by atoms with Gasteiger partial charge in [0, 0.05) is 12.4 Å². The number of nitrogens with two attached hydrogens (primary N) is 2. The number of aromatic nitrogens is 4. The van der Waals surface area contributed by atoms with E-state index >= 15 is 0 Å². The summed E-state index contributed by atoms with van der Waals surface area (Å²) >= 11 is 4.82. The van der Waals surface area contributed by atoms with Crippen molar-refractivity contribution in [1.82, 2.24) is 19.5 Å². The minimum absolute atomic E-state index is 0.0157. The Morgan fingerprint density at radius 3 is 2.94 bits per heavy atom. The summed E-state index contributed by atoms with van der Waals surface area (Å²) < 4.78 is 1.47. The van der Waals surface area contributed by atoms with E-state index in [-0.39, 0.29) is 16.5 Å². The van der Waals surface area contributed by atoms with E-state index in [1.165, 1.54) is 17.1 Å². The number of aromatic amines is 1. The molecule has 82 valence electrons. The zero-order valence-electron chi connectivity index (χ0n) is 8.04. The van der Waals surface area contributed by atoms with Crippen LogP contribution in [-0.4, -0.2) is 24.5 Å². The van der Waals surface area contributed by atoms with E-state index in [1.54, 1.807) is 6.20 Å². The van der Waals surface area contributed by atoms with Crippen LogP contribution in [-0.2, 0) is 0 Å². The minimum atomic E-state index is -0.424. The average molecular weight is 236 g/mol. The molecule has 0 saturated carbocycles. The molecule has 0 saturated heterocycles. The monoisotopic (exact) mass is 236 g/mol. The predicted molar refractivity (Wildman–Crippen MR) is 62.3 cm³/mol. The molecule has 8 heteroatoms. The van der Waals surface area contributed by atoms with Gasteiger partial charge in [0.1, 0.15) is 10.7 Å². The quantitative estimate of drug-likeness (QED) is 0.586. The molecule has 2 aromatic heterocycles. The van der Waals surface area contributed by atoms with Gasteiger partial charge >= 0.3 is 0 Å². The summed E-state index contributed by atoms with van der Waals surface area (Å²) in [5, 5.41) is 0. The van der Waals surface area contributed by atoms with E-state index < -0.39 is 5.56 Å². The van der Waals surface area contributed by atoms with E-state index in [1.807, 2.05) is 0 Å². The molecule has 0 bridgehead atoms. The van der Waals surface area contributed by atoms with Gasteiger partial charge in [-0.3, -0.25) is 9.36 Å². The number of rotatable bonds is 2. The van der Waals surface area contributed by atoms with Gasteiger partial charge in [0.2, 0.25) is 0 Å². The first-order chi connectivity index (χ1) is 7.61. The normalized spacial score (nSPS) is 10.2. The largest absolute Gasteiger partial charge is 0.391 e. The SMILES string of the molecule is NC(=S)c1nccn1-c1nc[nH]c(=O)c1N. The van der Waals surface area contributed by atoms with Gasteiger partial charge in [-0.2, -0.15) is 0 Å². The smallest absolute Gasteiger partial charge is 0.276 e. The van der Waals surface area contributed by atoms with Crippen molar-refractivity contribution < 1.29 is 0 Å². The molecule has 7 nitrogen and oxygen atoms in total. The van der Waals surface area contributed by atoms with Crippen LogP contribution in [0.25, 0.3) is 5.82 Å². The summed E-state index contributed by atoms with van der Waals surface area (Å²) in [4.78, 5) is 21.7. The molecule has 2 aromatic rings. The van der Waals surface area contributed by atoms with E-state index in [9.17, 15) is 4.79 Å². The summed E-state index contributed by atoms with van der Waals surface area (Å²) in [6.07, 6.45) is 4.32. The van der Waals surface area contributed by atoms with Gasteiger partial charge in [-0.05, 0) is 0 Å². The highest BCUT2D eigenvalue weighted by Gasteiger charge is 2.12. The maximum Gasteiger partial charge on any atom is 0.276 e. The van der Waals surface area contributed by atoms with Gasteiger partial charge < -0.3 is 16.5 Å². The second-order valence-corrected chi connectivity index (χ2v) is 3.39. The Kier molecular flexibility index (Phi) is 2.41. The molecule has 0 aliphatic heterocycles. The third-order valence-corrected chi connectivity index (χ3v) is 2.14. The first-order valence-corrected chi connectivity index (χ1v) is 4.68. The predicted octanol–water partition coefficient (Wildman–Crippen LogP) is -0.828. The lowest BCUT2D eigenvalue weighted by atomic mass is 10.4. The zero-order chi connectivity index (χ0) is 11.7. The minimum Gasteiger partial charge on any atom is -0.391 e. The fourth-order valence-corrected chi connectivity index (χ4v) is 1.40. The lowest BCUT2D eigenvalue weighted by Crippen LogP contribution is -2.21. The molecule has 0 amide bonds. The Morgan fingerprint density at radius 2 is 2.25 bits per heavy atom. The zero-order valence-corrected chi connectivity index (χ0v) is 8.86. The fraction of sp³-hybridized carbons (Fsp3) is 0. The third kappa shape index (κ3) is 1.54. The highest BCUT2D eigenvalue weighted by Crippen LogP contribution is 2.10. The number of nitrogen functional groups attached to an aromatic ring is 1. The van der Waals surface area contributed by atoms with Gasteiger partial charge in [0.25, 0.3) is 5.56 Å². The topological polar surface area (TPSA) is 116 Å². The molecular weight excluding hydrogens is 228 g/mol. The molecule has 0 atom stereocenters. The van der Waals surface area contributed by atoms with Gasteiger partial charge in [-0.25, -0.2) is 9.97 Å². The molecule has 0 unspecified atom stereocenters. The van der Waals surface area contributed by atoms with Crippen molar-refractivity contribution >= 4 is 22.9 Å². The van der Waals surface area contributed by atoms with Gasteiger partial charge in [0.05, 0.1) is 6.33 Å². The second kappa shape index (κ2) is 3.74. The number of hydrogen-bond acceptors (Lipinski definition) is 5. The van der Waals surface area contributed by atoms with Crippen LogP contribution in [0.1, 0.15) is 5.82 Å². The molecule has 0 aromatic carbocycles. The number of nitrogens with one attached hydrogen (secondary N) is 1. The van der Waals surface area contributed by atoms with Crippen molar-refractivity contribution in [2.45, 2.75) is 0 Å². The third-order valence-electron chi connectivity index (χ3n) is 1.96. The first-order valence-electron chi connectivity index (χ1n) is 4.28. The highest BCUT2D eigenvalue weighted by molar-refractivity contribution is 7.80. The molecule has 0 radical (unpaired) electrons. The Labute approximate surface area is 95.1 Å². The van der Waals surface area contributed by atoms with Crippen molar-refractivity contribution in [3.8, 4) is 5.82 Å². The van der Waals surface area contributed by atoms with Crippen LogP contribution in [0.2, 0.25) is 0 Å². The van der Waals surface area contributed by atoms with E-state index in [2.05, 4.69) is 15.0 Å². The number of anilines is 1. The van der Waals surface area contributed by atoms with E-state index in [0.29, 0.717) is 5.82 Å². The van der Waals surface area contributed by atoms with Crippen LogP contribution in [0.15, 0.2) is 23.5 Å². The summed E-state index contributed by atoms with van der Waals surface area (Å²) in [5.74, 6) is 0.587. The maximum absolute atomic E-state index is 11.3. The van der Waals surface area contributed by atoms with Gasteiger partial charge in [-0.15, -0.1) is 0 Å². The van der Waals surface area contributed by atoms with Gasteiger partial charge in [0.15, 0.2) is 11.6 Å². The van der Waals surface area contributed by atoms with Crippen molar-refractivity contribution in [1.29, 1.82) is 0 Å². The Morgan fingerprint density at radius 1 is 1.50 bits per heavy atom. The van der Waals surface area contributed by atoms with Crippen molar-refractivity contribution in [3.05, 3.63) is 34.9 Å². The molecule has 2 rings (SSSR count). The highest BCUT2D eigenvalue weighted by atomic mass is 32.1. The molecular formula is C8H8N6OS. The van der Waals surface area contributed by atoms with Crippen molar-refractivity contribution in [3.63, 3.8) is 0 Å². The summed E-state index contributed by atoms with van der Waals surface area (Å²) in [5.41, 5.74) is 10.6. The average Bonchev–Trinajstić information content (AvgIpc) is 2.70. The van der Waals surface area contributed by atoms with Crippen molar-refractivity contribution in [2.24, 2.45) is 5.73 Å². The fourth-order valence-electron chi connectivity index (χ4n) is 1.25. The Hall–Kier alpha value is -2.22. The maximum atomic E-state index is 11.3. The second-order valence-electron chi connectivity index (χ2n) is 2.95. The summed E-state index contributed by atoms with van der Waals surface area (Å²) in [7, 11) is 0. The lowest BCUT2D eigenvalue weighted by Gasteiger charge is -2.06. The molecule has 16 heavy (non-hydrogen) atoms. The van der Waals surface area contributed by atoms with Crippen LogP contribution in [0, 0.1) is 0 Å². The Bertz CT molecular complexity index is 601. The number of imidazole rings is 1. The molecule has 0 aliphatic carbocycles. The van der Waals surface area contributed by atoms with Crippen LogP contribution in [0.4, 0.5) is 5.69 Å².